The molecular formula is C21H24N4O3S. The molecular weight excluding hydrogens is 388 g/mol. The molecule has 2 aromatic heterocycles. The Labute approximate surface area is 172 Å². The van der Waals surface area contributed by atoms with Gasteiger partial charge in [-0.05, 0) is 62.6 Å². The second-order valence-corrected chi connectivity index (χ2v) is 7.96. The minimum atomic E-state index is -0.347. The van der Waals surface area contributed by atoms with E-state index >= 15 is 0 Å². The number of aryl methyl sites for hydroxylation is 2. The molecule has 29 heavy (non-hydrogen) atoms. The Morgan fingerprint density at radius 2 is 2.00 bits per heavy atom. The maximum atomic E-state index is 12.3. The molecule has 0 saturated heterocycles. The van der Waals surface area contributed by atoms with Gasteiger partial charge >= 0.3 is 0 Å². The highest BCUT2D eigenvalue weighted by molar-refractivity contribution is 7.18. The van der Waals surface area contributed by atoms with Gasteiger partial charge in [0.05, 0.1) is 24.1 Å². The third kappa shape index (κ3) is 4.89. The standard InChI is InChI=1S/C21H24N4O3S/c1-5-10-28-16-8-6-15(7-9-16)13(3)24-25-18(26)11-17-22-20(27)19-12(2)14(4)29-21(19)23-17/h6-9H,5,10-11H2,1-4H3,(H,25,26)(H,22,23,27)/b24-13+. The molecule has 152 valence electrons. The van der Waals surface area contributed by atoms with Crippen molar-refractivity contribution in [3.8, 4) is 5.75 Å². The molecule has 1 amide bonds. The summed E-state index contributed by atoms with van der Waals surface area (Å²) in [5.41, 5.74) is 4.78. The summed E-state index contributed by atoms with van der Waals surface area (Å²) in [6, 6.07) is 7.54. The molecule has 0 radical (unpaired) electrons. The van der Waals surface area contributed by atoms with Crippen molar-refractivity contribution >= 4 is 33.2 Å². The normalized spacial score (nSPS) is 11.7. The number of hydrogen-bond donors (Lipinski definition) is 2. The Balaban J connectivity index is 1.66. The van der Waals surface area contributed by atoms with Crippen molar-refractivity contribution < 1.29 is 9.53 Å². The number of H-pyrrole nitrogens is 1. The number of amides is 1. The number of nitrogens with one attached hydrogen (secondary N) is 2. The van der Waals surface area contributed by atoms with E-state index in [1.165, 1.54) is 11.3 Å². The highest BCUT2D eigenvalue weighted by Gasteiger charge is 2.13. The predicted molar refractivity (Wildman–Crippen MR) is 116 cm³/mol. The Kier molecular flexibility index (Phi) is 6.43. The summed E-state index contributed by atoms with van der Waals surface area (Å²) < 4.78 is 5.56. The molecule has 0 unspecified atom stereocenters. The van der Waals surface area contributed by atoms with E-state index in [0.717, 1.165) is 28.2 Å². The van der Waals surface area contributed by atoms with Gasteiger partial charge in [-0.25, -0.2) is 10.4 Å². The maximum Gasteiger partial charge on any atom is 0.259 e. The number of hydrogen-bond acceptors (Lipinski definition) is 6. The van der Waals surface area contributed by atoms with Gasteiger partial charge in [0.15, 0.2) is 0 Å². The number of nitrogens with zero attached hydrogens (tertiary/aromatic N) is 2. The van der Waals surface area contributed by atoms with Crippen LogP contribution in [0.5, 0.6) is 5.75 Å². The first-order valence-electron chi connectivity index (χ1n) is 9.44. The van der Waals surface area contributed by atoms with Gasteiger partial charge in [0.2, 0.25) is 5.91 Å². The summed E-state index contributed by atoms with van der Waals surface area (Å²) in [6.45, 7) is 8.39. The van der Waals surface area contributed by atoms with Gasteiger partial charge in [0.25, 0.3) is 5.56 Å². The van der Waals surface area contributed by atoms with E-state index in [2.05, 4.69) is 27.4 Å². The Bertz CT molecular complexity index is 1110. The van der Waals surface area contributed by atoms with Gasteiger partial charge in [-0.15, -0.1) is 11.3 Å². The predicted octanol–water partition coefficient (Wildman–Crippen LogP) is 3.47. The van der Waals surface area contributed by atoms with Crippen LogP contribution in [0.4, 0.5) is 0 Å². The first-order valence-corrected chi connectivity index (χ1v) is 10.3. The number of thiophene rings is 1. The summed E-state index contributed by atoms with van der Waals surface area (Å²) in [7, 11) is 0. The van der Waals surface area contributed by atoms with E-state index in [9.17, 15) is 9.59 Å². The monoisotopic (exact) mass is 412 g/mol. The molecule has 0 fully saturated rings. The van der Waals surface area contributed by atoms with Crippen molar-refractivity contribution in [3.05, 3.63) is 56.4 Å². The van der Waals surface area contributed by atoms with Crippen LogP contribution >= 0.6 is 11.3 Å². The number of benzene rings is 1. The van der Waals surface area contributed by atoms with Gasteiger partial charge in [-0.2, -0.15) is 5.10 Å². The van der Waals surface area contributed by atoms with Crippen LogP contribution in [-0.2, 0) is 11.2 Å². The lowest BCUT2D eigenvalue weighted by atomic mass is 10.1. The number of ether oxygens (including phenoxy) is 1. The fourth-order valence-corrected chi connectivity index (χ4v) is 3.85. The quantitative estimate of drug-likeness (QED) is 0.459. The summed E-state index contributed by atoms with van der Waals surface area (Å²) in [5.74, 6) is 0.781. The molecule has 3 rings (SSSR count). The largest absolute Gasteiger partial charge is 0.494 e. The van der Waals surface area contributed by atoms with E-state index < -0.39 is 0 Å². The zero-order valence-corrected chi connectivity index (χ0v) is 17.8. The van der Waals surface area contributed by atoms with Crippen molar-refractivity contribution in [1.82, 2.24) is 15.4 Å². The fourth-order valence-electron chi connectivity index (χ4n) is 2.80. The van der Waals surface area contributed by atoms with Crippen molar-refractivity contribution in [3.63, 3.8) is 0 Å². The third-order valence-electron chi connectivity index (χ3n) is 4.51. The lowest BCUT2D eigenvalue weighted by Crippen LogP contribution is -2.24. The van der Waals surface area contributed by atoms with Gasteiger partial charge in [0, 0.05) is 4.88 Å². The van der Waals surface area contributed by atoms with Crippen LogP contribution in [0.25, 0.3) is 10.2 Å². The Morgan fingerprint density at radius 1 is 1.28 bits per heavy atom. The van der Waals surface area contributed by atoms with E-state index in [1.807, 2.05) is 45.0 Å². The summed E-state index contributed by atoms with van der Waals surface area (Å²) in [4.78, 5) is 33.4. The molecule has 0 saturated carbocycles. The van der Waals surface area contributed by atoms with Crippen LogP contribution < -0.4 is 15.7 Å². The number of rotatable bonds is 7. The molecule has 0 aliphatic heterocycles. The molecule has 7 nitrogen and oxygen atoms in total. The molecule has 3 aromatic rings. The summed E-state index contributed by atoms with van der Waals surface area (Å²) in [6.07, 6.45) is 0.898. The summed E-state index contributed by atoms with van der Waals surface area (Å²) in [5, 5.41) is 4.74. The van der Waals surface area contributed by atoms with E-state index in [0.29, 0.717) is 28.4 Å². The van der Waals surface area contributed by atoms with Crippen molar-refractivity contribution in [2.45, 2.75) is 40.5 Å². The molecule has 2 heterocycles. The first-order chi connectivity index (χ1) is 13.9. The van der Waals surface area contributed by atoms with Gasteiger partial charge in [0.1, 0.15) is 16.4 Å². The Hall–Kier alpha value is -3.00. The number of carbonyl (C=O) groups excluding carboxylic acids is 1. The molecule has 2 N–H and O–H groups in total. The van der Waals surface area contributed by atoms with E-state index in [4.69, 9.17) is 4.74 Å². The fraction of sp³-hybridized carbons (Fsp3) is 0.333. The smallest absolute Gasteiger partial charge is 0.259 e. The zero-order chi connectivity index (χ0) is 21.0. The van der Waals surface area contributed by atoms with Gasteiger partial charge < -0.3 is 9.72 Å². The van der Waals surface area contributed by atoms with E-state index in [-0.39, 0.29) is 17.9 Å². The van der Waals surface area contributed by atoms with Crippen LogP contribution in [0.15, 0.2) is 34.2 Å². The van der Waals surface area contributed by atoms with Crippen molar-refractivity contribution in [2.24, 2.45) is 5.10 Å². The van der Waals surface area contributed by atoms with E-state index in [1.54, 1.807) is 0 Å². The topological polar surface area (TPSA) is 96.4 Å². The molecule has 1 aromatic carbocycles. The highest BCUT2D eigenvalue weighted by Crippen LogP contribution is 2.25. The third-order valence-corrected chi connectivity index (χ3v) is 5.61. The van der Waals surface area contributed by atoms with Crippen LogP contribution in [0, 0.1) is 13.8 Å². The summed E-state index contributed by atoms with van der Waals surface area (Å²) >= 11 is 1.46. The maximum absolute atomic E-state index is 12.3. The van der Waals surface area contributed by atoms with Crippen LogP contribution in [0.2, 0.25) is 0 Å². The molecule has 0 bridgehead atoms. The number of hydrazone groups is 1. The minimum Gasteiger partial charge on any atom is -0.494 e. The molecule has 0 atom stereocenters. The van der Waals surface area contributed by atoms with Gasteiger partial charge in [-0.1, -0.05) is 6.92 Å². The first kappa shape index (κ1) is 20.7. The lowest BCUT2D eigenvalue weighted by Gasteiger charge is -2.06. The van der Waals surface area contributed by atoms with Crippen LogP contribution in [0.3, 0.4) is 0 Å². The van der Waals surface area contributed by atoms with Gasteiger partial charge in [-0.3, -0.25) is 9.59 Å². The number of aromatic amines is 1. The molecule has 0 spiro atoms. The lowest BCUT2D eigenvalue weighted by molar-refractivity contribution is -0.120. The Morgan fingerprint density at radius 3 is 2.69 bits per heavy atom. The second-order valence-electron chi connectivity index (χ2n) is 6.76. The SMILES string of the molecule is CCCOc1ccc(/C(C)=N/NC(=O)Cc2nc3sc(C)c(C)c3c(=O)[nH]2)cc1. The van der Waals surface area contributed by atoms with Crippen LogP contribution in [-0.4, -0.2) is 28.2 Å². The molecule has 0 aliphatic carbocycles. The number of fused-ring (bicyclic) bond motifs is 1. The average Bonchev–Trinajstić information content (AvgIpc) is 2.98. The average molecular weight is 413 g/mol. The zero-order valence-electron chi connectivity index (χ0n) is 17.0. The number of aromatic nitrogens is 2. The minimum absolute atomic E-state index is 0.0538. The second kappa shape index (κ2) is 9.00. The van der Waals surface area contributed by atoms with Crippen molar-refractivity contribution in [1.29, 1.82) is 0 Å². The van der Waals surface area contributed by atoms with Crippen molar-refractivity contribution in [2.75, 3.05) is 6.61 Å². The van der Waals surface area contributed by atoms with Crippen LogP contribution in [0.1, 0.15) is 42.1 Å². The molecule has 0 aliphatic rings. The number of carbonyl (C=O) groups is 1. The highest BCUT2D eigenvalue weighted by atomic mass is 32.1. The molecule has 8 heteroatoms.